The van der Waals surface area contributed by atoms with E-state index in [0.29, 0.717) is 6.04 Å². The average molecular weight is 331 g/mol. The van der Waals surface area contributed by atoms with Crippen molar-refractivity contribution in [3.05, 3.63) is 23.8 Å². The van der Waals surface area contributed by atoms with Gasteiger partial charge in [0.15, 0.2) is 11.5 Å². The number of aliphatic hydroxyl groups is 1. The van der Waals surface area contributed by atoms with Gasteiger partial charge in [0.05, 0.1) is 19.8 Å². The maximum atomic E-state index is 10.2. The number of rotatable bonds is 5. The highest BCUT2D eigenvalue weighted by Gasteiger charge is 2.50. The summed E-state index contributed by atoms with van der Waals surface area (Å²) >= 11 is 0. The summed E-state index contributed by atoms with van der Waals surface area (Å²) in [5, 5.41) is 10.2. The van der Waals surface area contributed by atoms with Gasteiger partial charge in [-0.05, 0) is 75.7 Å². The zero-order valence-electron chi connectivity index (χ0n) is 14.8. The molecule has 0 amide bonds. The highest BCUT2D eigenvalue weighted by molar-refractivity contribution is 5.46. The predicted octanol–water partition coefficient (Wildman–Crippen LogP) is 2.97. The molecule has 3 atom stereocenters. The van der Waals surface area contributed by atoms with Crippen molar-refractivity contribution in [2.45, 2.75) is 56.1 Å². The smallest absolute Gasteiger partial charge is 0.161 e. The maximum Gasteiger partial charge on any atom is 0.161 e. The van der Waals surface area contributed by atoms with Gasteiger partial charge < -0.3 is 19.5 Å². The molecule has 3 aliphatic rings. The summed E-state index contributed by atoms with van der Waals surface area (Å²) in [5.41, 5.74) is 1.51. The van der Waals surface area contributed by atoms with Gasteiger partial charge in [-0.15, -0.1) is 0 Å². The van der Waals surface area contributed by atoms with Crippen LogP contribution in [0.25, 0.3) is 0 Å². The van der Waals surface area contributed by atoms with E-state index < -0.39 is 0 Å². The topological polar surface area (TPSA) is 41.9 Å². The number of hydrogen-bond donors (Lipinski definition) is 1. The first-order chi connectivity index (χ1) is 11.6. The molecule has 1 saturated heterocycles. The second-order valence-corrected chi connectivity index (χ2v) is 7.95. The summed E-state index contributed by atoms with van der Waals surface area (Å²) in [6, 6.07) is 6.91. The van der Waals surface area contributed by atoms with Gasteiger partial charge in [-0.2, -0.15) is 0 Å². The van der Waals surface area contributed by atoms with E-state index in [1.165, 1.54) is 18.4 Å². The van der Waals surface area contributed by atoms with E-state index in [9.17, 15) is 5.11 Å². The lowest BCUT2D eigenvalue weighted by Gasteiger charge is -2.43. The molecule has 0 spiro atoms. The summed E-state index contributed by atoms with van der Waals surface area (Å²) in [6.45, 7) is 1.90. The second kappa shape index (κ2) is 6.23. The Hall–Kier alpha value is -1.26. The lowest BCUT2D eigenvalue weighted by molar-refractivity contribution is 0.0566. The number of likely N-dealkylation sites (tertiary alicyclic amines) is 1. The molecule has 0 unspecified atom stereocenters. The number of hydrogen-bond acceptors (Lipinski definition) is 4. The van der Waals surface area contributed by atoms with Crippen molar-refractivity contribution < 1.29 is 14.6 Å². The van der Waals surface area contributed by atoms with Gasteiger partial charge in [0, 0.05) is 11.5 Å². The van der Waals surface area contributed by atoms with Crippen LogP contribution in [-0.4, -0.2) is 49.5 Å². The quantitative estimate of drug-likeness (QED) is 0.901. The molecule has 1 aliphatic heterocycles. The van der Waals surface area contributed by atoms with Crippen molar-refractivity contribution in [2.24, 2.45) is 5.92 Å². The van der Waals surface area contributed by atoms with E-state index in [1.807, 2.05) is 0 Å². The van der Waals surface area contributed by atoms with Crippen molar-refractivity contribution in [1.29, 1.82) is 0 Å². The Morgan fingerprint density at radius 1 is 1.21 bits per heavy atom. The third-order valence-corrected chi connectivity index (χ3v) is 6.41. The molecule has 24 heavy (non-hydrogen) atoms. The largest absolute Gasteiger partial charge is 0.493 e. The van der Waals surface area contributed by atoms with E-state index in [-0.39, 0.29) is 11.5 Å². The Morgan fingerprint density at radius 3 is 2.79 bits per heavy atom. The standard InChI is InChI=1S/C20H29NO3/c1-21-10-9-20(8-7-16(22)12-19(20)21)15-5-6-17(23-2)18(11-15)24-13-14-3-4-14/h5-6,11,14,16,19,22H,3-4,7-10,12-13H2,1-2H3/t16-,19+,20+/m1/s1. The lowest BCUT2D eigenvalue weighted by atomic mass is 9.65. The fourth-order valence-electron chi connectivity index (χ4n) is 4.69. The Labute approximate surface area is 144 Å². The summed E-state index contributed by atoms with van der Waals surface area (Å²) in [7, 11) is 3.90. The molecule has 1 heterocycles. The van der Waals surface area contributed by atoms with Crippen LogP contribution in [-0.2, 0) is 5.41 Å². The average Bonchev–Trinajstić information content (AvgIpc) is 3.37. The molecule has 4 nitrogen and oxygen atoms in total. The molecular formula is C20H29NO3. The number of likely N-dealkylation sites (N-methyl/N-ethyl adjacent to an activating group) is 1. The Kier molecular flexibility index (Phi) is 4.21. The van der Waals surface area contributed by atoms with Crippen LogP contribution >= 0.6 is 0 Å². The number of fused-ring (bicyclic) bond motifs is 1. The lowest BCUT2D eigenvalue weighted by Crippen LogP contribution is -2.47. The Morgan fingerprint density at radius 2 is 2.04 bits per heavy atom. The molecule has 4 rings (SSSR count). The van der Waals surface area contributed by atoms with Crippen molar-refractivity contribution >= 4 is 0 Å². The van der Waals surface area contributed by atoms with Crippen LogP contribution in [0.4, 0.5) is 0 Å². The minimum atomic E-state index is -0.160. The van der Waals surface area contributed by atoms with E-state index in [4.69, 9.17) is 9.47 Å². The summed E-state index contributed by atoms with van der Waals surface area (Å²) < 4.78 is 11.6. The van der Waals surface area contributed by atoms with Gasteiger partial charge in [0.2, 0.25) is 0 Å². The third kappa shape index (κ3) is 2.80. The summed E-state index contributed by atoms with van der Waals surface area (Å²) in [6.07, 6.45) is 6.41. The van der Waals surface area contributed by atoms with Gasteiger partial charge in [-0.3, -0.25) is 0 Å². The van der Waals surface area contributed by atoms with Crippen LogP contribution in [0.3, 0.4) is 0 Å². The third-order valence-electron chi connectivity index (χ3n) is 6.41. The SMILES string of the molecule is COc1ccc([C@@]23CC[C@@H](O)C[C@@H]2N(C)CC3)cc1OCC1CC1. The molecule has 2 saturated carbocycles. The minimum absolute atomic E-state index is 0.151. The van der Waals surface area contributed by atoms with Crippen molar-refractivity contribution in [2.75, 3.05) is 27.3 Å². The zero-order valence-corrected chi connectivity index (χ0v) is 14.8. The van der Waals surface area contributed by atoms with E-state index in [0.717, 1.165) is 56.3 Å². The Balaban J connectivity index is 1.65. The highest BCUT2D eigenvalue weighted by atomic mass is 16.5. The highest BCUT2D eigenvalue weighted by Crippen LogP contribution is 2.50. The van der Waals surface area contributed by atoms with Gasteiger partial charge >= 0.3 is 0 Å². The molecule has 4 heteroatoms. The van der Waals surface area contributed by atoms with Crippen molar-refractivity contribution in [3.8, 4) is 11.5 Å². The fraction of sp³-hybridized carbons (Fsp3) is 0.700. The van der Waals surface area contributed by atoms with E-state index in [1.54, 1.807) is 7.11 Å². The van der Waals surface area contributed by atoms with Crippen LogP contribution in [0.15, 0.2) is 18.2 Å². The van der Waals surface area contributed by atoms with Gasteiger partial charge in [0.1, 0.15) is 0 Å². The van der Waals surface area contributed by atoms with Crippen LogP contribution in [0.2, 0.25) is 0 Å². The summed E-state index contributed by atoms with van der Waals surface area (Å²) in [4.78, 5) is 2.43. The normalized spacial score (nSPS) is 33.3. The zero-order chi connectivity index (χ0) is 16.7. The monoisotopic (exact) mass is 331 g/mol. The molecule has 132 valence electrons. The molecule has 1 aromatic carbocycles. The van der Waals surface area contributed by atoms with Crippen molar-refractivity contribution in [3.63, 3.8) is 0 Å². The molecule has 1 N–H and O–H groups in total. The Bertz CT molecular complexity index is 601. The number of aliphatic hydroxyl groups excluding tert-OH is 1. The van der Waals surface area contributed by atoms with E-state index >= 15 is 0 Å². The van der Waals surface area contributed by atoms with Crippen LogP contribution in [0.1, 0.15) is 44.1 Å². The fourth-order valence-corrected chi connectivity index (χ4v) is 4.69. The van der Waals surface area contributed by atoms with Crippen LogP contribution < -0.4 is 9.47 Å². The van der Waals surface area contributed by atoms with E-state index in [2.05, 4.69) is 30.1 Å². The number of benzene rings is 1. The van der Waals surface area contributed by atoms with Gasteiger partial charge in [-0.1, -0.05) is 6.07 Å². The first-order valence-electron chi connectivity index (χ1n) is 9.32. The van der Waals surface area contributed by atoms with Gasteiger partial charge in [0.25, 0.3) is 0 Å². The predicted molar refractivity (Wildman–Crippen MR) is 93.8 cm³/mol. The molecule has 0 aromatic heterocycles. The molecule has 1 aromatic rings. The number of nitrogens with zero attached hydrogens (tertiary/aromatic N) is 1. The number of ether oxygens (including phenoxy) is 2. The molecule has 3 fully saturated rings. The molecule has 2 aliphatic carbocycles. The first kappa shape index (κ1) is 16.2. The second-order valence-electron chi connectivity index (χ2n) is 7.95. The van der Waals surface area contributed by atoms with Crippen molar-refractivity contribution in [1.82, 2.24) is 4.90 Å². The van der Waals surface area contributed by atoms with Crippen LogP contribution in [0, 0.1) is 5.92 Å². The van der Waals surface area contributed by atoms with Crippen LogP contribution in [0.5, 0.6) is 11.5 Å². The minimum Gasteiger partial charge on any atom is -0.493 e. The molecule has 0 radical (unpaired) electrons. The number of methoxy groups -OCH3 is 1. The first-order valence-corrected chi connectivity index (χ1v) is 9.32. The van der Waals surface area contributed by atoms with Gasteiger partial charge in [-0.25, -0.2) is 0 Å². The molecule has 0 bridgehead atoms. The molecular weight excluding hydrogens is 302 g/mol. The maximum absolute atomic E-state index is 10.2. The summed E-state index contributed by atoms with van der Waals surface area (Å²) in [5.74, 6) is 2.44.